The molecule has 7 heteroatoms. The highest BCUT2D eigenvalue weighted by molar-refractivity contribution is 7.16. The van der Waals surface area contributed by atoms with Gasteiger partial charge in [-0.15, -0.1) is 11.3 Å². The van der Waals surface area contributed by atoms with E-state index in [-0.39, 0.29) is 5.91 Å². The molecule has 0 saturated carbocycles. The van der Waals surface area contributed by atoms with E-state index in [2.05, 4.69) is 5.32 Å². The van der Waals surface area contributed by atoms with E-state index in [1.807, 2.05) is 85.9 Å². The summed E-state index contributed by atoms with van der Waals surface area (Å²) in [6, 6.07) is 23.0. The van der Waals surface area contributed by atoms with Crippen LogP contribution in [0.15, 0.2) is 77.8 Å². The van der Waals surface area contributed by atoms with Gasteiger partial charge in [0.2, 0.25) is 0 Å². The average molecular weight is 573 g/mol. The number of carbonyl (C=O) groups is 1. The zero-order chi connectivity index (χ0) is 27.7. The number of hydrogen-bond acceptors (Lipinski definition) is 5. The Morgan fingerprint density at radius 2 is 1.73 bits per heavy atom. The monoisotopic (exact) mass is 572 g/mol. The molecule has 0 saturated heterocycles. The van der Waals surface area contributed by atoms with E-state index >= 15 is 0 Å². The zero-order valence-corrected chi connectivity index (χ0v) is 24.2. The number of nitrogens with one attached hydrogen (secondary N) is 1. The standard InChI is InChI=1S/C33H33ClN2O3S/c1-2-38-29-20-24(16-19-28(29)39-22-23-14-17-25(34)18-15-23)21-35-33-31(32(37)36-26-10-6-5-7-11-26)27-12-8-3-4-9-13-30(27)40-33/h5-7,10-11,14-21H,2-4,8-9,12-13,22H2,1H3,(H,36,37). The van der Waals surface area contributed by atoms with Crippen LogP contribution in [0.4, 0.5) is 10.7 Å². The predicted octanol–water partition coefficient (Wildman–Crippen LogP) is 9.04. The molecule has 1 aromatic heterocycles. The molecule has 1 heterocycles. The van der Waals surface area contributed by atoms with Gasteiger partial charge in [0.15, 0.2) is 11.5 Å². The Morgan fingerprint density at radius 3 is 2.50 bits per heavy atom. The molecule has 0 aliphatic heterocycles. The SMILES string of the molecule is CCOc1cc(C=Nc2sc3c(c2C(=O)Nc2ccccc2)CCCCCC3)ccc1OCc1ccc(Cl)cc1. The predicted molar refractivity (Wildman–Crippen MR) is 165 cm³/mol. The molecule has 4 aromatic rings. The van der Waals surface area contributed by atoms with Gasteiger partial charge in [-0.2, -0.15) is 0 Å². The van der Waals surface area contributed by atoms with Gasteiger partial charge in [0.25, 0.3) is 5.91 Å². The molecule has 0 atom stereocenters. The van der Waals surface area contributed by atoms with Crippen molar-refractivity contribution in [3.63, 3.8) is 0 Å². The Labute approximate surface area is 244 Å². The van der Waals surface area contributed by atoms with Crippen molar-refractivity contribution in [1.82, 2.24) is 0 Å². The third-order valence-corrected chi connectivity index (χ3v) is 8.27. The minimum atomic E-state index is -0.0997. The fraction of sp³-hybridized carbons (Fsp3) is 0.273. The lowest BCUT2D eigenvalue weighted by Gasteiger charge is -2.13. The largest absolute Gasteiger partial charge is 0.490 e. The highest BCUT2D eigenvalue weighted by Gasteiger charge is 2.24. The molecule has 0 radical (unpaired) electrons. The molecular formula is C33H33ClN2O3S. The van der Waals surface area contributed by atoms with Crippen LogP contribution in [-0.4, -0.2) is 18.7 Å². The topological polar surface area (TPSA) is 59.9 Å². The van der Waals surface area contributed by atoms with Crippen molar-refractivity contribution in [3.8, 4) is 11.5 Å². The average Bonchev–Trinajstić information content (AvgIpc) is 3.29. The highest BCUT2D eigenvalue weighted by Crippen LogP contribution is 2.39. The lowest BCUT2D eigenvalue weighted by atomic mass is 9.96. The Morgan fingerprint density at radius 1 is 0.950 bits per heavy atom. The Hall–Kier alpha value is -3.61. The van der Waals surface area contributed by atoms with Crippen molar-refractivity contribution in [3.05, 3.63) is 105 Å². The molecular weight excluding hydrogens is 540 g/mol. The first-order chi connectivity index (χ1) is 19.6. The fourth-order valence-corrected chi connectivity index (χ4v) is 6.17. The van der Waals surface area contributed by atoms with Crippen LogP contribution in [0.2, 0.25) is 5.02 Å². The number of rotatable bonds is 9. The smallest absolute Gasteiger partial charge is 0.259 e. The van der Waals surface area contributed by atoms with E-state index in [0.29, 0.717) is 35.3 Å². The minimum absolute atomic E-state index is 0.0997. The number of halogens is 1. The summed E-state index contributed by atoms with van der Waals surface area (Å²) in [6.07, 6.45) is 8.37. The number of para-hydroxylation sites is 1. The van der Waals surface area contributed by atoms with Crippen LogP contribution in [-0.2, 0) is 19.4 Å². The maximum atomic E-state index is 13.5. The van der Waals surface area contributed by atoms with E-state index in [1.165, 1.54) is 17.7 Å². The molecule has 0 unspecified atom stereocenters. The second-order valence-corrected chi connectivity index (χ2v) is 11.3. The van der Waals surface area contributed by atoms with Crippen LogP contribution >= 0.6 is 22.9 Å². The van der Waals surface area contributed by atoms with Crippen molar-refractivity contribution in [2.24, 2.45) is 4.99 Å². The van der Waals surface area contributed by atoms with Crippen LogP contribution < -0.4 is 14.8 Å². The van der Waals surface area contributed by atoms with Gasteiger partial charge in [0.1, 0.15) is 11.6 Å². The molecule has 5 nitrogen and oxygen atoms in total. The van der Waals surface area contributed by atoms with Gasteiger partial charge in [-0.3, -0.25) is 4.79 Å². The number of aryl methyl sites for hydroxylation is 1. The minimum Gasteiger partial charge on any atom is -0.490 e. The second kappa shape index (κ2) is 13.6. The highest BCUT2D eigenvalue weighted by atomic mass is 35.5. The Balaban J connectivity index is 1.40. The Kier molecular flexibility index (Phi) is 9.53. The van der Waals surface area contributed by atoms with E-state index in [0.717, 1.165) is 53.1 Å². The van der Waals surface area contributed by atoms with Crippen LogP contribution in [0.5, 0.6) is 11.5 Å². The summed E-state index contributed by atoms with van der Waals surface area (Å²) >= 11 is 7.64. The zero-order valence-electron chi connectivity index (χ0n) is 22.6. The molecule has 5 rings (SSSR count). The lowest BCUT2D eigenvalue weighted by Crippen LogP contribution is -2.14. The van der Waals surface area contributed by atoms with Gasteiger partial charge in [0, 0.05) is 21.8 Å². The lowest BCUT2D eigenvalue weighted by molar-refractivity contribution is 0.102. The maximum absolute atomic E-state index is 13.5. The second-order valence-electron chi connectivity index (χ2n) is 9.73. The van der Waals surface area contributed by atoms with Crippen LogP contribution in [0, 0.1) is 0 Å². The number of anilines is 1. The van der Waals surface area contributed by atoms with Crippen LogP contribution in [0.25, 0.3) is 0 Å². The molecule has 1 amide bonds. The molecule has 0 fully saturated rings. The third-order valence-electron chi connectivity index (χ3n) is 6.82. The summed E-state index contributed by atoms with van der Waals surface area (Å²) in [5, 5.41) is 4.53. The number of benzene rings is 3. The van der Waals surface area contributed by atoms with Crippen molar-refractivity contribution in [2.75, 3.05) is 11.9 Å². The quantitative estimate of drug-likeness (QED) is 0.203. The molecule has 206 valence electrons. The molecule has 1 N–H and O–H groups in total. The summed E-state index contributed by atoms with van der Waals surface area (Å²) < 4.78 is 11.9. The van der Waals surface area contributed by atoms with Crippen molar-refractivity contribution in [2.45, 2.75) is 52.1 Å². The number of thiophene rings is 1. The Bertz CT molecular complexity index is 1470. The van der Waals surface area contributed by atoms with Crippen molar-refractivity contribution in [1.29, 1.82) is 0 Å². The number of amides is 1. The first-order valence-corrected chi connectivity index (χ1v) is 15.0. The van der Waals surface area contributed by atoms with Gasteiger partial charge in [-0.1, -0.05) is 54.8 Å². The number of hydrogen-bond donors (Lipinski definition) is 1. The van der Waals surface area contributed by atoms with Gasteiger partial charge >= 0.3 is 0 Å². The van der Waals surface area contributed by atoms with E-state index in [9.17, 15) is 4.79 Å². The molecule has 1 aliphatic rings. The summed E-state index contributed by atoms with van der Waals surface area (Å²) in [4.78, 5) is 19.7. The van der Waals surface area contributed by atoms with E-state index in [1.54, 1.807) is 11.3 Å². The summed E-state index contributed by atoms with van der Waals surface area (Å²) in [7, 11) is 0. The number of aliphatic imine (C=N–C) groups is 1. The first kappa shape index (κ1) is 27.9. The summed E-state index contributed by atoms with van der Waals surface area (Å²) in [6.45, 7) is 2.87. The molecule has 0 bridgehead atoms. The summed E-state index contributed by atoms with van der Waals surface area (Å²) in [5.74, 6) is 1.22. The van der Waals surface area contributed by atoms with Crippen LogP contribution in [0.1, 0.15) is 64.5 Å². The van der Waals surface area contributed by atoms with Crippen molar-refractivity contribution >= 4 is 45.7 Å². The molecule has 0 spiro atoms. The third kappa shape index (κ3) is 7.12. The molecule has 40 heavy (non-hydrogen) atoms. The van der Waals surface area contributed by atoms with Gasteiger partial charge in [-0.25, -0.2) is 4.99 Å². The number of ether oxygens (including phenoxy) is 2. The maximum Gasteiger partial charge on any atom is 0.259 e. The fourth-order valence-electron chi connectivity index (χ4n) is 4.81. The van der Waals surface area contributed by atoms with Gasteiger partial charge < -0.3 is 14.8 Å². The van der Waals surface area contributed by atoms with E-state index < -0.39 is 0 Å². The number of carbonyl (C=O) groups excluding carboxylic acids is 1. The summed E-state index contributed by atoms with van der Waals surface area (Å²) in [5.41, 5.74) is 4.54. The number of fused-ring (bicyclic) bond motifs is 1. The first-order valence-electron chi connectivity index (χ1n) is 13.8. The molecule has 1 aliphatic carbocycles. The van der Waals surface area contributed by atoms with E-state index in [4.69, 9.17) is 26.1 Å². The molecule has 3 aromatic carbocycles. The number of nitrogens with zero attached hydrogens (tertiary/aromatic N) is 1. The van der Waals surface area contributed by atoms with Gasteiger partial charge in [-0.05, 0) is 91.8 Å². The van der Waals surface area contributed by atoms with Gasteiger partial charge in [0.05, 0.1) is 12.2 Å². The normalized spacial score (nSPS) is 13.3. The van der Waals surface area contributed by atoms with Crippen molar-refractivity contribution < 1.29 is 14.3 Å². The van der Waals surface area contributed by atoms with Crippen LogP contribution in [0.3, 0.4) is 0 Å².